The number of amides is 1. The number of aromatic hydroxyl groups is 1. The molecule has 0 aliphatic rings. The van der Waals surface area contributed by atoms with Gasteiger partial charge in [-0.15, -0.1) is 12.4 Å². The van der Waals surface area contributed by atoms with Crippen molar-refractivity contribution >= 4 is 29.9 Å². The van der Waals surface area contributed by atoms with Crippen molar-refractivity contribution in [1.82, 2.24) is 19.9 Å². The molecule has 0 fully saturated rings. The van der Waals surface area contributed by atoms with Crippen LogP contribution in [-0.2, 0) is 17.6 Å². The van der Waals surface area contributed by atoms with Crippen molar-refractivity contribution in [2.45, 2.75) is 19.8 Å². The Morgan fingerprint density at radius 1 is 1.19 bits per heavy atom. The van der Waals surface area contributed by atoms with Gasteiger partial charge in [0.05, 0.1) is 0 Å². The Kier molecular flexibility index (Phi) is 6.36. The second-order valence-electron chi connectivity index (χ2n) is 5.85. The van der Waals surface area contributed by atoms with E-state index < -0.39 is 18.4 Å². The summed E-state index contributed by atoms with van der Waals surface area (Å²) in [5, 5.41) is 25.6. The third kappa shape index (κ3) is 4.53. The fourth-order valence-electron chi connectivity index (χ4n) is 2.74. The Hall–Kier alpha value is -3.13. The van der Waals surface area contributed by atoms with Crippen LogP contribution in [0.4, 0.5) is 0 Å². The molecule has 0 aliphatic heterocycles. The number of carboxylic acid groups (broad SMARTS) is 1. The van der Waals surface area contributed by atoms with Crippen molar-refractivity contribution in [3.05, 3.63) is 59.0 Å². The van der Waals surface area contributed by atoms with Gasteiger partial charge in [0, 0.05) is 11.8 Å². The number of hydrogen-bond donors (Lipinski definition) is 3. The number of aryl methyl sites for hydroxylation is 3. The number of halogens is 1. The van der Waals surface area contributed by atoms with E-state index in [0.29, 0.717) is 17.9 Å². The van der Waals surface area contributed by atoms with Crippen LogP contribution in [0.3, 0.4) is 0 Å². The first kappa shape index (κ1) is 20.2. The quantitative estimate of drug-likeness (QED) is 0.590. The van der Waals surface area contributed by atoms with Crippen molar-refractivity contribution in [2.75, 3.05) is 6.54 Å². The zero-order chi connectivity index (χ0) is 18.7. The van der Waals surface area contributed by atoms with Crippen LogP contribution < -0.4 is 5.32 Å². The highest BCUT2D eigenvalue weighted by molar-refractivity contribution is 6.03. The summed E-state index contributed by atoms with van der Waals surface area (Å²) in [6.07, 6.45) is 1.33. The summed E-state index contributed by atoms with van der Waals surface area (Å²) in [6, 6.07) is 11.4. The van der Waals surface area contributed by atoms with Crippen molar-refractivity contribution in [3.8, 4) is 5.75 Å². The Morgan fingerprint density at radius 3 is 2.56 bits per heavy atom. The lowest BCUT2D eigenvalue weighted by Crippen LogP contribution is -2.30. The highest BCUT2D eigenvalue weighted by Gasteiger charge is 2.21. The summed E-state index contributed by atoms with van der Waals surface area (Å²) in [5.41, 5.74) is 1.96. The molecule has 0 saturated heterocycles. The molecule has 0 spiro atoms. The van der Waals surface area contributed by atoms with Crippen molar-refractivity contribution in [3.63, 3.8) is 0 Å². The maximum Gasteiger partial charge on any atom is 0.322 e. The number of carbonyl (C=O) groups is 2. The normalized spacial score (nSPS) is 10.4. The molecule has 3 rings (SSSR count). The standard InChI is InChI=1S/C18H18N4O4.ClH/c1-11-20-17-16(18(26)19-10-15(24)25)14(23)9-13(22(17)21-11)8-7-12-5-3-2-4-6-12;/h2-6,9,23H,7-8,10H2,1H3,(H,19,26)(H,24,25);1H. The molecule has 142 valence electrons. The topological polar surface area (TPSA) is 117 Å². The monoisotopic (exact) mass is 390 g/mol. The molecule has 8 nitrogen and oxygen atoms in total. The van der Waals surface area contributed by atoms with E-state index in [-0.39, 0.29) is 29.4 Å². The SMILES string of the molecule is Cc1nc2c(C(=O)NCC(=O)O)c(O)cc(CCc3ccccc3)n2n1.Cl. The number of nitrogens with one attached hydrogen (secondary N) is 1. The molecule has 2 heterocycles. The van der Waals surface area contributed by atoms with E-state index in [0.717, 1.165) is 12.0 Å². The van der Waals surface area contributed by atoms with E-state index in [9.17, 15) is 14.7 Å². The van der Waals surface area contributed by atoms with Crippen molar-refractivity contribution in [1.29, 1.82) is 0 Å². The van der Waals surface area contributed by atoms with Crippen LogP contribution in [0.5, 0.6) is 5.75 Å². The van der Waals surface area contributed by atoms with Gasteiger partial charge in [-0.05, 0) is 25.3 Å². The Morgan fingerprint density at radius 2 is 1.89 bits per heavy atom. The minimum atomic E-state index is -1.18. The molecule has 3 N–H and O–H groups in total. The molecule has 1 amide bonds. The van der Waals surface area contributed by atoms with Gasteiger partial charge in [-0.2, -0.15) is 5.10 Å². The van der Waals surface area contributed by atoms with Crippen LogP contribution >= 0.6 is 12.4 Å². The average Bonchev–Trinajstić information content (AvgIpc) is 2.99. The molecule has 0 unspecified atom stereocenters. The Balaban J connectivity index is 0.00000261. The molecule has 0 aliphatic carbocycles. The number of benzene rings is 1. The number of carbonyl (C=O) groups excluding carboxylic acids is 1. The van der Waals surface area contributed by atoms with Crippen LogP contribution in [0.15, 0.2) is 36.4 Å². The number of hydrogen-bond acceptors (Lipinski definition) is 5. The van der Waals surface area contributed by atoms with E-state index in [1.165, 1.54) is 10.6 Å². The maximum absolute atomic E-state index is 12.3. The molecule has 0 saturated carbocycles. The summed E-state index contributed by atoms with van der Waals surface area (Å²) in [7, 11) is 0. The van der Waals surface area contributed by atoms with Gasteiger partial charge in [-0.25, -0.2) is 9.50 Å². The number of rotatable bonds is 6. The number of aromatic nitrogens is 3. The zero-order valence-corrected chi connectivity index (χ0v) is 15.4. The third-order valence-electron chi connectivity index (χ3n) is 3.91. The first-order valence-electron chi connectivity index (χ1n) is 8.08. The molecular weight excluding hydrogens is 372 g/mol. The van der Waals surface area contributed by atoms with Gasteiger partial charge in [0.1, 0.15) is 23.7 Å². The summed E-state index contributed by atoms with van der Waals surface area (Å²) in [5.74, 6) is -1.69. The molecule has 1 aromatic carbocycles. The zero-order valence-electron chi connectivity index (χ0n) is 14.5. The van der Waals surface area contributed by atoms with Gasteiger partial charge in [-0.1, -0.05) is 30.3 Å². The van der Waals surface area contributed by atoms with Gasteiger partial charge in [0.2, 0.25) is 0 Å². The van der Waals surface area contributed by atoms with Crippen LogP contribution in [0.25, 0.3) is 5.65 Å². The molecule has 0 radical (unpaired) electrons. The van der Waals surface area contributed by atoms with E-state index in [1.807, 2.05) is 30.3 Å². The van der Waals surface area contributed by atoms with Crippen LogP contribution in [-0.4, -0.2) is 43.2 Å². The highest BCUT2D eigenvalue weighted by atomic mass is 35.5. The van der Waals surface area contributed by atoms with E-state index in [4.69, 9.17) is 5.11 Å². The summed E-state index contributed by atoms with van der Waals surface area (Å²) in [4.78, 5) is 27.1. The Bertz CT molecular complexity index is 972. The second kappa shape index (κ2) is 8.50. The van der Waals surface area contributed by atoms with Crippen LogP contribution in [0.1, 0.15) is 27.4 Å². The third-order valence-corrected chi connectivity index (χ3v) is 3.91. The first-order chi connectivity index (χ1) is 12.5. The largest absolute Gasteiger partial charge is 0.507 e. The van der Waals surface area contributed by atoms with E-state index in [1.54, 1.807) is 6.92 Å². The van der Waals surface area contributed by atoms with Crippen molar-refractivity contribution < 1.29 is 19.8 Å². The number of aliphatic carboxylic acids is 1. The summed E-state index contributed by atoms with van der Waals surface area (Å²) >= 11 is 0. The van der Waals surface area contributed by atoms with Gasteiger partial charge in [0.25, 0.3) is 5.91 Å². The average molecular weight is 391 g/mol. The number of nitrogens with zero attached hydrogens (tertiary/aromatic N) is 3. The summed E-state index contributed by atoms with van der Waals surface area (Å²) < 4.78 is 1.52. The number of carboxylic acids is 1. The smallest absolute Gasteiger partial charge is 0.322 e. The van der Waals surface area contributed by atoms with E-state index in [2.05, 4.69) is 15.4 Å². The van der Waals surface area contributed by atoms with Crippen molar-refractivity contribution in [2.24, 2.45) is 0 Å². The molecule has 9 heteroatoms. The second-order valence-corrected chi connectivity index (χ2v) is 5.85. The predicted molar refractivity (Wildman–Crippen MR) is 100 cm³/mol. The lowest BCUT2D eigenvalue weighted by atomic mass is 10.1. The number of pyridine rings is 1. The minimum absolute atomic E-state index is 0. The molecule has 3 aromatic rings. The van der Waals surface area contributed by atoms with Gasteiger partial charge >= 0.3 is 5.97 Å². The summed E-state index contributed by atoms with van der Waals surface area (Å²) in [6.45, 7) is 1.14. The van der Waals surface area contributed by atoms with Gasteiger partial charge in [-0.3, -0.25) is 9.59 Å². The fraction of sp³-hybridized carbons (Fsp3) is 0.222. The van der Waals surface area contributed by atoms with Gasteiger partial charge in [0.15, 0.2) is 5.65 Å². The molecule has 27 heavy (non-hydrogen) atoms. The number of fused-ring (bicyclic) bond motifs is 1. The molecule has 2 aromatic heterocycles. The molecule has 0 atom stereocenters. The highest BCUT2D eigenvalue weighted by Crippen LogP contribution is 2.24. The lowest BCUT2D eigenvalue weighted by Gasteiger charge is -2.10. The fourth-order valence-corrected chi connectivity index (χ4v) is 2.74. The maximum atomic E-state index is 12.3. The first-order valence-corrected chi connectivity index (χ1v) is 8.08. The van der Waals surface area contributed by atoms with Crippen LogP contribution in [0.2, 0.25) is 0 Å². The predicted octanol–water partition coefficient (Wildman–Crippen LogP) is 1.76. The minimum Gasteiger partial charge on any atom is -0.507 e. The Labute approximate surface area is 161 Å². The lowest BCUT2D eigenvalue weighted by molar-refractivity contribution is -0.135. The van der Waals surface area contributed by atoms with Crippen LogP contribution in [0, 0.1) is 6.92 Å². The molecule has 0 bridgehead atoms. The van der Waals surface area contributed by atoms with Gasteiger partial charge < -0.3 is 15.5 Å². The molecular formula is C18H19ClN4O4. The van der Waals surface area contributed by atoms with E-state index >= 15 is 0 Å².